The number of aryl methyl sites for hydroxylation is 1. The molecule has 1 heterocycles. The third-order valence-corrected chi connectivity index (χ3v) is 9.17. The number of nitrogens with zero attached hydrogens (tertiary/aromatic N) is 3. The van der Waals surface area contributed by atoms with Crippen LogP contribution in [0.4, 0.5) is 32.0 Å². The van der Waals surface area contributed by atoms with Gasteiger partial charge < -0.3 is 56.1 Å². The highest BCUT2D eigenvalue weighted by Crippen LogP contribution is 2.35. The maximum Gasteiger partial charge on any atom is 0.490 e. The van der Waals surface area contributed by atoms with Gasteiger partial charge in [0.25, 0.3) is 5.91 Å². The SMILES string of the molecule is NC(N)=Nc1ccc2c(c1)CCCOc1c(cccc1C(=O)N(CC(=O)O)[C@@H](Cc1ccc(OCCN(CC(=O)O)Cc3ccccc3)cc1)C(=O)O)OC2=O.O=C(O)C(F)(F)F.O=C(O)C(F)(F)F. The summed E-state index contributed by atoms with van der Waals surface area (Å²) in [6.45, 7) is -0.178. The monoisotopic (exact) mass is 995 g/mol. The Bertz CT molecular complexity index is 2500. The molecule has 376 valence electrons. The number of benzene rings is 4. The average molecular weight is 996 g/mol. The molecule has 70 heavy (non-hydrogen) atoms. The number of hydrogen-bond acceptors (Lipinski definition) is 12. The molecule has 0 radical (unpaired) electrons. The van der Waals surface area contributed by atoms with Crippen LogP contribution in [0, 0.1) is 0 Å². The standard InChI is InChI=1S/C40H41N5O11.2C2HF3O2/c41-40(42)43-28-13-16-30-27(21-28)8-5-18-55-36-31(9-4-10-33(36)56-39(30)53)37(50)45(24-35(48)49)32(38(51)52)20-25-11-14-29(15-12-25)54-19-17-44(23-34(46)47)22-26-6-2-1-3-7-26;2*3-2(4,5)1(6)7/h1-4,6-7,9-16,21,32H,5,8,17-20,22-24H2,(H,46,47)(H,48,49)(H,51,52)(H4,41,42,43);2*(H,6,7)/t32-;;/m0../s1. The molecule has 0 aliphatic carbocycles. The molecule has 1 aliphatic heterocycles. The van der Waals surface area contributed by atoms with Crippen molar-refractivity contribution >= 4 is 53.4 Å². The number of aliphatic imine (C=N–C) groups is 1. The molecule has 20 nitrogen and oxygen atoms in total. The van der Waals surface area contributed by atoms with E-state index in [1.54, 1.807) is 41.3 Å². The molecule has 4 aromatic rings. The molecule has 4 aromatic carbocycles. The van der Waals surface area contributed by atoms with E-state index in [4.69, 9.17) is 45.5 Å². The third-order valence-electron chi connectivity index (χ3n) is 9.17. The number of aliphatic carboxylic acids is 5. The summed E-state index contributed by atoms with van der Waals surface area (Å²) in [5, 5.41) is 43.7. The zero-order valence-corrected chi connectivity index (χ0v) is 36.2. The maximum absolute atomic E-state index is 14.1. The number of para-hydroxylation sites is 1. The number of rotatable bonds is 16. The smallest absolute Gasteiger partial charge is 0.490 e. The van der Waals surface area contributed by atoms with E-state index >= 15 is 0 Å². The van der Waals surface area contributed by atoms with Crippen molar-refractivity contribution < 1.29 is 99.6 Å². The lowest BCUT2D eigenvalue weighted by Crippen LogP contribution is -2.48. The first-order valence-corrected chi connectivity index (χ1v) is 20.0. The molecule has 0 spiro atoms. The van der Waals surface area contributed by atoms with E-state index in [1.165, 1.54) is 24.3 Å². The van der Waals surface area contributed by atoms with Crippen molar-refractivity contribution in [2.75, 3.05) is 32.8 Å². The molecule has 0 saturated carbocycles. The summed E-state index contributed by atoms with van der Waals surface area (Å²) < 4.78 is 81.0. The number of halogens is 6. The third kappa shape index (κ3) is 18.3. The van der Waals surface area contributed by atoms with Gasteiger partial charge in [-0.15, -0.1) is 0 Å². The first kappa shape index (κ1) is 55.9. The van der Waals surface area contributed by atoms with Gasteiger partial charge in [-0.2, -0.15) is 26.3 Å². The van der Waals surface area contributed by atoms with E-state index in [1.807, 2.05) is 30.3 Å². The van der Waals surface area contributed by atoms with Gasteiger partial charge in [0.2, 0.25) is 0 Å². The Morgan fingerprint density at radius 3 is 1.90 bits per heavy atom. The van der Waals surface area contributed by atoms with Gasteiger partial charge >= 0.3 is 48.2 Å². The molecular formula is C44H43F6N5O15. The second kappa shape index (κ2) is 25.6. The van der Waals surface area contributed by atoms with Crippen LogP contribution in [-0.2, 0) is 43.4 Å². The summed E-state index contributed by atoms with van der Waals surface area (Å²) in [6.07, 6.45) is -9.68. The number of carboxylic acids is 5. The number of ether oxygens (including phenoxy) is 3. The Morgan fingerprint density at radius 2 is 1.36 bits per heavy atom. The Balaban J connectivity index is 0.000000806. The lowest BCUT2D eigenvalue weighted by molar-refractivity contribution is -0.193. The average Bonchev–Trinajstić information content (AvgIpc) is 3.26. The molecule has 0 bridgehead atoms. The summed E-state index contributed by atoms with van der Waals surface area (Å²) in [7, 11) is 0. The fraction of sp³-hybridized carbons (Fsp3) is 0.273. The van der Waals surface area contributed by atoms with Crippen LogP contribution in [0.15, 0.2) is 96.0 Å². The number of carbonyl (C=O) groups excluding carboxylic acids is 2. The topological polar surface area (TPSA) is 319 Å². The van der Waals surface area contributed by atoms with Crippen molar-refractivity contribution in [3.63, 3.8) is 0 Å². The number of nitrogens with two attached hydrogens (primary N) is 2. The Morgan fingerprint density at radius 1 is 0.757 bits per heavy atom. The molecule has 1 amide bonds. The van der Waals surface area contributed by atoms with Gasteiger partial charge in [0.15, 0.2) is 17.5 Å². The number of hydrogen-bond donors (Lipinski definition) is 7. The van der Waals surface area contributed by atoms with Crippen LogP contribution in [0.3, 0.4) is 0 Å². The van der Waals surface area contributed by atoms with Crippen LogP contribution in [-0.4, -0.2) is 134 Å². The highest BCUT2D eigenvalue weighted by Gasteiger charge is 2.39. The van der Waals surface area contributed by atoms with E-state index in [0.717, 1.165) is 10.5 Å². The summed E-state index contributed by atoms with van der Waals surface area (Å²) in [6, 6.07) is 23.1. The van der Waals surface area contributed by atoms with Crippen molar-refractivity contribution in [1.82, 2.24) is 9.80 Å². The summed E-state index contributed by atoms with van der Waals surface area (Å²) in [5.41, 5.74) is 13.5. The van der Waals surface area contributed by atoms with Gasteiger partial charge in [-0.25, -0.2) is 24.2 Å². The summed E-state index contributed by atoms with van der Waals surface area (Å²) >= 11 is 0. The van der Waals surface area contributed by atoms with Crippen LogP contribution < -0.4 is 25.7 Å². The van der Waals surface area contributed by atoms with Gasteiger partial charge in [0.05, 0.1) is 30.0 Å². The number of carboxylic acid groups (broad SMARTS) is 5. The molecule has 0 unspecified atom stereocenters. The summed E-state index contributed by atoms with van der Waals surface area (Å²) in [5.74, 6) is -11.1. The van der Waals surface area contributed by atoms with E-state index in [0.29, 0.717) is 48.5 Å². The highest BCUT2D eigenvalue weighted by molar-refractivity contribution is 6.02. The van der Waals surface area contributed by atoms with Gasteiger partial charge in [0, 0.05) is 19.5 Å². The van der Waals surface area contributed by atoms with Gasteiger partial charge in [0.1, 0.15) is 24.9 Å². The van der Waals surface area contributed by atoms with E-state index in [2.05, 4.69) is 4.99 Å². The van der Waals surface area contributed by atoms with E-state index in [-0.39, 0.29) is 54.8 Å². The number of alkyl halides is 6. The molecule has 1 aliphatic rings. The predicted octanol–water partition coefficient (Wildman–Crippen LogP) is 4.59. The van der Waals surface area contributed by atoms with Crippen LogP contribution in [0.2, 0.25) is 0 Å². The number of amides is 1. The van der Waals surface area contributed by atoms with Crippen molar-refractivity contribution in [2.45, 2.75) is 44.2 Å². The molecule has 26 heteroatoms. The second-order valence-electron chi connectivity index (χ2n) is 14.4. The van der Waals surface area contributed by atoms with E-state index < -0.39 is 66.7 Å². The quantitative estimate of drug-likeness (QED) is 0.0265. The Labute approximate surface area is 391 Å². The minimum Gasteiger partial charge on any atom is -0.492 e. The van der Waals surface area contributed by atoms with Crippen LogP contribution in [0.1, 0.15) is 43.8 Å². The molecule has 5 rings (SSSR count). The number of carbonyl (C=O) groups is 7. The van der Waals surface area contributed by atoms with Gasteiger partial charge in [-0.1, -0.05) is 48.5 Å². The van der Waals surface area contributed by atoms with Crippen molar-refractivity contribution in [3.8, 4) is 17.2 Å². The second-order valence-corrected chi connectivity index (χ2v) is 14.4. The van der Waals surface area contributed by atoms with Crippen molar-refractivity contribution in [3.05, 3.63) is 119 Å². The van der Waals surface area contributed by atoms with Crippen molar-refractivity contribution in [1.29, 1.82) is 0 Å². The Kier molecular flexibility index (Phi) is 20.5. The highest BCUT2D eigenvalue weighted by atomic mass is 19.4. The number of guanidine groups is 1. The normalized spacial score (nSPS) is 12.5. The summed E-state index contributed by atoms with van der Waals surface area (Å²) in [4.78, 5) is 87.9. The molecule has 1 atom stereocenters. The lowest BCUT2D eigenvalue weighted by atomic mass is 10.0. The maximum atomic E-state index is 14.1. The zero-order chi connectivity index (χ0) is 52.3. The van der Waals surface area contributed by atoms with Crippen LogP contribution >= 0.6 is 0 Å². The van der Waals surface area contributed by atoms with Crippen LogP contribution in [0.5, 0.6) is 17.2 Å². The molecule has 0 saturated heterocycles. The molecular weight excluding hydrogens is 952 g/mol. The van der Waals surface area contributed by atoms with E-state index in [9.17, 15) is 65.6 Å². The first-order chi connectivity index (χ1) is 32.8. The fourth-order valence-corrected chi connectivity index (χ4v) is 6.15. The number of fused-ring (bicyclic) bond motifs is 2. The fourth-order valence-electron chi connectivity index (χ4n) is 6.15. The van der Waals surface area contributed by atoms with Gasteiger partial charge in [-0.3, -0.25) is 19.3 Å². The van der Waals surface area contributed by atoms with Crippen molar-refractivity contribution in [2.24, 2.45) is 16.5 Å². The minimum atomic E-state index is -5.08. The largest absolute Gasteiger partial charge is 0.492 e. The molecule has 0 fully saturated rings. The predicted molar refractivity (Wildman–Crippen MR) is 230 cm³/mol. The minimum absolute atomic E-state index is 0.0567. The first-order valence-electron chi connectivity index (χ1n) is 20.0. The van der Waals surface area contributed by atoms with Gasteiger partial charge in [-0.05, 0) is 72.0 Å². The van der Waals surface area contributed by atoms with Crippen LogP contribution in [0.25, 0.3) is 0 Å². The Hall–Kier alpha value is -8.42. The molecule has 9 N–H and O–H groups in total. The zero-order valence-electron chi connectivity index (χ0n) is 36.2. The molecule has 0 aromatic heterocycles. The lowest BCUT2D eigenvalue weighted by Gasteiger charge is -2.29. The number of esters is 1.